The van der Waals surface area contributed by atoms with Crippen molar-refractivity contribution in [3.63, 3.8) is 0 Å². The summed E-state index contributed by atoms with van der Waals surface area (Å²) in [6.45, 7) is 3.39. The van der Waals surface area contributed by atoms with Crippen LogP contribution in [0, 0.1) is 0 Å². The highest BCUT2D eigenvalue weighted by atomic mass is 16.5. The summed E-state index contributed by atoms with van der Waals surface area (Å²) >= 11 is 0. The van der Waals surface area contributed by atoms with Gasteiger partial charge >= 0.3 is 0 Å². The third kappa shape index (κ3) is 5.77. The SMILES string of the molecule is COCCCN(CC(=O)N(Cc1ccco1)Cc1cccn1C)C(C)=O. The Bertz CT molecular complexity index is 693. The molecule has 0 saturated carbocycles. The van der Waals surface area contributed by atoms with Crippen LogP contribution >= 0.6 is 0 Å². The van der Waals surface area contributed by atoms with E-state index in [1.807, 2.05) is 36.0 Å². The zero-order valence-electron chi connectivity index (χ0n) is 15.7. The highest BCUT2D eigenvalue weighted by Crippen LogP contribution is 2.12. The topological polar surface area (TPSA) is 67.9 Å². The highest BCUT2D eigenvalue weighted by molar-refractivity contribution is 5.83. The number of ether oxygens (including phenoxy) is 1. The summed E-state index contributed by atoms with van der Waals surface area (Å²) in [5.41, 5.74) is 1.01. The van der Waals surface area contributed by atoms with Crippen molar-refractivity contribution >= 4 is 11.8 Å². The number of methoxy groups -OCH3 is 1. The van der Waals surface area contributed by atoms with Crippen LogP contribution in [0.15, 0.2) is 41.1 Å². The summed E-state index contributed by atoms with van der Waals surface area (Å²) in [5, 5.41) is 0. The van der Waals surface area contributed by atoms with Gasteiger partial charge in [0, 0.05) is 46.1 Å². The van der Waals surface area contributed by atoms with Gasteiger partial charge in [0.05, 0.1) is 25.9 Å². The van der Waals surface area contributed by atoms with E-state index in [0.717, 1.165) is 5.69 Å². The third-order valence-electron chi connectivity index (χ3n) is 4.23. The smallest absolute Gasteiger partial charge is 0.242 e. The van der Waals surface area contributed by atoms with Gasteiger partial charge in [0.15, 0.2) is 0 Å². The third-order valence-corrected chi connectivity index (χ3v) is 4.23. The molecule has 142 valence electrons. The molecule has 0 aliphatic carbocycles. The summed E-state index contributed by atoms with van der Waals surface area (Å²) < 4.78 is 12.4. The minimum Gasteiger partial charge on any atom is -0.467 e. The first-order valence-electron chi connectivity index (χ1n) is 8.66. The molecule has 0 aromatic carbocycles. The van der Waals surface area contributed by atoms with E-state index in [-0.39, 0.29) is 18.4 Å². The number of rotatable bonds is 10. The number of aryl methyl sites for hydroxylation is 1. The molecule has 2 aromatic rings. The summed E-state index contributed by atoms with van der Waals surface area (Å²) in [6, 6.07) is 7.56. The van der Waals surface area contributed by atoms with E-state index in [9.17, 15) is 9.59 Å². The van der Waals surface area contributed by atoms with Gasteiger partial charge in [-0.25, -0.2) is 0 Å². The number of hydrogen-bond acceptors (Lipinski definition) is 4. The Morgan fingerprint density at radius 1 is 1.19 bits per heavy atom. The number of carbonyl (C=O) groups excluding carboxylic acids is 2. The summed E-state index contributed by atoms with van der Waals surface area (Å²) in [7, 11) is 3.56. The fourth-order valence-electron chi connectivity index (χ4n) is 2.69. The van der Waals surface area contributed by atoms with Gasteiger partial charge in [-0.3, -0.25) is 9.59 Å². The van der Waals surface area contributed by atoms with Crippen molar-refractivity contribution in [3.8, 4) is 0 Å². The molecule has 2 aromatic heterocycles. The summed E-state index contributed by atoms with van der Waals surface area (Å²) in [4.78, 5) is 28.0. The lowest BCUT2D eigenvalue weighted by Gasteiger charge is -2.26. The molecule has 7 heteroatoms. The second-order valence-corrected chi connectivity index (χ2v) is 6.23. The Kier molecular flexibility index (Phi) is 7.47. The van der Waals surface area contributed by atoms with Gasteiger partial charge < -0.3 is 23.5 Å². The van der Waals surface area contributed by atoms with Crippen LogP contribution in [0.5, 0.6) is 0 Å². The first kappa shape index (κ1) is 19.8. The fourth-order valence-corrected chi connectivity index (χ4v) is 2.69. The van der Waals surface area contributed by atoms with Crippen LogP contribution in [-0.4, -0.2) is 53.0 Å². The Balaban J connectivity index is 2.07. The van der Waals surface area contributed by atoms with Crippen molar-refractivity contribution in [1.29, 1.82) is 0 Å². The molecule has 7 nitrogen and oxygen atoms in total. The molecule has 0 aliphatic rings. The van der Waals surface area contributed by atoms with Gasteiger partial charge in [0.25, 0.3) is 0 Å². The van der Waals surface area contributed by atoms with Crippen molar-refractivity contribution in [2.45, 2.75) is 26.4 Å². The summed E-state index contributed by atoms with van der Waals surface area (Å²) in [5.74, 6) is 0.475. The average Bonchev–Trinajstić information content (AvgIpc) is 3.25. The maximum Gasteiger partial charge on any atom is 0.242 e. The Morgan fingerprint density at radius 3 is 2.58 bits per heavy atom. The van der Waals surface area contributed by atoms with Gasteiger partial charge in [0.1, 0.15) is 5.76 Å². The van der Waals surface area contributed by atoms with E-state index in [4.69, 9.17) is 9.15 Å². The van der Waals surface area contributed by atoms with Crippen LogP contribution in [0.1, 0.15) is 24.8 Å². The van der Waals surface area contributed by atoms with E-state index in [2.05, 4.69) is 0 Å². The molecule has 26 heavy (non-hydrogen) atoms. The molecule has 2 rings (SSSR count). The second-order valence-electron chi connectivity index (χ2n) is 6.23. The molecule has 0 saturated heterocycles. The molecular formula is C19H27N3O4. The minimum absolute atomic E-state index is 0.0458. The molecule has 0 atom stereocenters. The molecule has 2 heterocycles. The van der Waals surface area contributed by atoms with Gasteiger partial charge in [-0.2, -0.15) is 0 Å². The van der Waals surface area contributed by atoms with Crippen molar-refractivity contribution < 1.29 is 18.7 Å². The molecule has 0 N–H and O–H groups in total. The molecule has 2 amide bonds. The lowest BCUT2D eigenvalue weighted by atomic mass is 10.3. The van der Waals surface area contributed by atoms with Crippen molar-refractivity contribution in [2.24, 2.45) is 7.05 Å². The van der Waals surface area contributed by atoms with E-state index in [0.29, 0.717) is 38.4 Å². The fraction of sp³-hybridized carbons (Fsp3) is 0.474. The molecule has 0 spiro atoms. The van der Waals surface area contributed by atoms with E-state index in [1.165, 1.54) is 6.92 Å². The first-order chi connectivity index (χ1) is 12.5. The molecule has 0 bridgehead atoms. The molecule has 0 radical (unpaired) electrons. The van der Waals surface area contributed by atoms with Crippen molar-refractivity contribution in [2.75, 3.05) is 26.8 Å². The molecule has 0 unspecified atom stereocenters. The maximum absolute atomic E-state index is 12.9. The quantitative estimate of drug-likeness (QED) is 0.607. The predicted molar refractivity (Wildman–Crippen MR) is 97.1 cm³/mol. The van der Waals surface area contributed by atoms with E-state index in [1.54, 1.807) is 29.2 Å². The first-order valence-corrected chi connectivity index (χ1v) is 8.66. The number of hydrogen-bond donors (Lipinski definition) is 0. The Morgan fingerprint density at radius 2 is 2.00 bits per heavy atom. The Hall–Kier alpha value is -2.54. The van der Waals surface area contributed by atoms with E-state index < -0.39 is 0 Å². The van der Waals surface area contributed by atoms with Crippen LogP contribution in [0.25, 0.3) is 0 Å². The zero-order valence-corrected chi connectivity index (χ0v) is 15.7. The number of carbonyl (C=O) groups is 2. The number of aromatic nitrogens is 1. The van der Waals surface area contributed by atoms with Crippen LogP contribution in [0.4, 0.5) is 0 Å². The van der Waals surface area contributed by atoms with Crippen molar-refractivity contribution in [1.82, 2.24) is 14.4 Å². The second kappa shape index (κ2) is 9.82. The normalized spacial score (nSPS) is 10.7. The molecule has 0 aliphatic heterocycles. The lowest BCUT2D eigenvalue weighted by Crippen LogP contribution is -2.42. The largest absolute Gasteiger partial charge is 0.467 e. The van der Waals surface area contributed by atoms with Crippen LogP contribution in [-0.2, 0) is 34.5 Å². The monoisotopic (exact) mass is 361 g/mol. The summed E-state index contributed by atoms with van der Waals surface area (Å²) in [6.07, 6.45) is 4.23. The zero-order chi connectivity index (χ0) is 18.9. The minimum atomic E-state index is -0.119. The average molecular weight is 361 g/mol. The van der Waals surface area contributed by atoms with Gasteiger partial charge in [0.2, 0.25) is 11.8 Å². The Labute approximate surface area is 154 Å². The predicted octanol–water partition coefficient (Wildman–Crippen LogP) is 2.03. The maximum atomic E-state index is 12.9. The van der Waals surface area contributed by atoms with Crippen LogP contribution in [0.3, 0.4) is 0 Å². The molecular weight excluding hydrogens is 334 g/mol. The van der Waals surface area contributed by atoms with E-state index >= 15 is 0 Å². The van der Waals surface area contributed by atoms with Gasteiger partial charge in [-0.05, 0) is 30.7 Å². The number of amides is 2. The number of nitrogens with zero attached hydrogens (tertiary/aromatic N) is 3. The molecule has 0 fully saturated rings. The number of furan rings is 1. The van der Waals surface area contributed by atoms with Crippen LogP contribution in [0.2, 0.25) is 0 Å². The van der Waals surface area contributed by atoms with Crippen LogP contribution < -0.4 is 0 Å². The van der Waals surface area contributed by atoms with Crippen molar-refractivity contribution in [3.05, 3.63) is 48.2 Å². The van der Waals surface area contributed by atoms with Gasteiger partial charge in [-0.15, -0.1) is 0 Å². The highest BCUT2D eigenvalue weighted by Gasteiger charge is 2.21. The standard InChI is InChI=1S/C19H27N3O4/c1-16(23)21(10-6-11-25-3)15-19(24)22(14-18-8-5-12-26-18)13-17-7-4-9-20(17)2/h4-5,7-9,12H,6,10-11,13-15H2,1-3H3. The van der Waals surface area contributed by atoms with Gasteiger partial charge in [-0.1, -0.05) is 0 Å². The lowest BCUT2D eigenvalue weighted by molar-refractivity contribution is -0.140.